The van der Waals surface area contributed by atoms with Crippen LogP contribution in [0.15, 0.2) is 53.5 Å². The maximum Gasteiger partial charge on any atom is 0.350 e. The van der Waals surface area contributed by atoms with Crippen LogP contribution in [0.5, 0.6) is 5.75 Å². The fraction of sp³-hybridized carbons (Fsp3) is 0.517. The highest BCUT2D eigenvalue weighted by atomic mass is 19.1. The van der Waals surface area contributed by atoms with Crippen molar-refractivity contribution in [2.24, 2.45) is 10.9 Å². The van der Waals surface area contributed by atoms with E-state index in [0.29, 0.717) is 30.3 Å². The van der Waals surface area contributed by atoms with Crippen LogP contribution in [-0.2, 0) is 6.54 Å². The first-order valence-corrected chi connectivity index (χ1v) is 13.0. The second kappa shape index (κ2) is 10.6. The molecule has 6 nitrogen and oxygen atoms in total. The quantitative estimate of drug-likeness (QED) is 0.512. The molecule has 1 saturated heterocycles. The molecule has 2 aliphatic heterocycles. The summed E-state index contributed by atoms with van der Waals surface area (Å²) in [4.78, 5) is 21.9. The molecule has 2 aromatic rings. The number of anilines is 1. The van der Waals surface area contributed by atoms with E-state index in [1.807, 2.05) is 26.0 Å². The SMILES string of the molecule is CC(C)Oc1cccc(CN2CC[C@@]3(C[C@H]2C)C(N[C@@H](C)C(C)C)=NC(=O)N3c2cccc(F)c2)c1. The summed E-state index contributed by atoms with van der Waals surface area (Å²) in [5, 5.41) is 3.55. The number of ether oxygens (including phenoxy) is 1. The Morgan fingerprint density at radius 1 is 1.14 bits per heavy atom. The molecular formula is C29H39FN4O2. The number of piperidine rings is 1. The molecule has 0 radical (unpaired) electrons. The molecule has 7 heteroatoms. The van der Waals surface area contributed by atoms with Gasteiger partial charge >= 0.3 is 6.03 Å². The van der Waals surface area contributed by atoms with Crippen molar-refractivity contribution >= 4 is 17.6 Å². The van der Waals surface area contributed by atoms with Crippen molar-refractivity contribution in [1.29, 1.82) is 0 Å². The zero-order chi connectivity index (χ0) is 26.0. The lowest BCUT2D eigenvalue weighted by molar-refractivity contribution is 0.122. The number of nitrogens with zero attached hydrogens (tertiary/aromatic N) is 3. The predicted molar refractivity (Wildman–Crippen MR) is 143 cm³/mol. The van der Waals surface area contributed by atoms with E-state index >= 15 is 0 Å². The summed E-state index contributed by atoms with van der Waals surface area (Å²) in [5.74, 6) is 1.60. The smallest absolute Gasteiger partial charge is 0.350 e. The van der Waals surface area contributed by atoms with Gasteiger partial charge in [0.15, 0.2) is 0 Å². The van der Waals surface area contributed by atoms with Crippen molar-refractivity contribution in [1.82, 2.24) is 10.2 Å². The lowest BCUT2D eigenvalue weighted by Crippen LogP contribution is -2.63. The van der Waals surface area contributed by atoms with Gasteiger partial charge in [-0.05, 0) is 82.3 Å². The normalized spacial score (nSPS) is 23.5. The van der Waals surface area contributed by atoms with Crippen molar-refractivity contribution < 1.29 is 13.9 Å². The van der Waals surface area contributed by atoms with Gasteiger partial charge in [0.2, 0.25) is 0 Å². The monoisotopic (exact) mass is 494 g/mol. The number of benzene rings is 2. The minimum atomic E-state index is -0.632. The molecule has 0 aromatic heterocycles. The maximum absolute atomic E-state index is 14.2. The number of likely N-dealkylation sites (tertiary alicyclic amines) is 1. The number of rotatable bonds is 7. The van der Waals surface area contributed by atoms with Crippen LogP contribution in [0.1, 0.15) is 59.9 Å². The number of carbonyl (C=O) groups excluding carboxylic acids is 1. The molecule has 0 saturated carbocycles. The van der Waals surface area contributed by atoms with E-state index in [9.17, 15) is 9.18 Å². The van der Waals surface area contributed by atoms with E-state index in [1.54, 1.807) is 17.0 Å². The van der Waals surface area contributed by atoms with Crippen LogP contribution in [0.4, 0.5) is 14.9 Å². The Hall–Kier alpha value is -2.93. The Morgan fingerprint density at radius 2 is 1.89 bits per heavy atom. The summed E-state index contributed by atoms with van der Waals surface area (Å²) in [6.07, 6.45) is 1.54. The zero-order valence-corrected chi connectivity index (χ0v) is 22.3. The van der Waals surface area contributed by atoms with Gasteiger partial charge in [0.25, 0.3) is 0 Å². The lowest BCUT2D eigenvalue weighted by Gasteiger charge is -2.48. The first-order chi connectivity index (χ1) is 17.1. The number of hydrogen-bond acceptors (Lipinski definition) is 4. The van der Waals surface area contributed by atoms with Crippen molar-refractivity contribution in [3.05, 3.63) is 59.9 Å². The summed E-state index contributed by atoms with van der Waals surface area (Å²) in [6, 6.07) is 14.5. The van der Waals surface area contributed by atoms with Crippen molar-refractivity contribution in [2.45, 2.75) is 84.7 Å². The van der Waals surface area contributed by atoms with Gasteiger partial charge in [-0.2, -0.15) is 4.99 Å². The Kier molecular flexibility index (Phi) is 7.69. The summed E-state index contributed by atoms with van der Waals surface area (Å²) >= 11 is 0. The van der Waals surface area contributed by atoms with Crippen LogP contribution < -0.4 is 15.0 Å². The van der Waals surface area contributed by atoms with Gasteiger partial charge in [-0.1, -0.05) is 32.0 Å². The Labute approximate surface area is 214 Å². The number of aliphatic imine (C=N–C) groups is 1. The van der Waals surface area contributed by atoms with E-state index in [2.05, 4.69) is 55.0 Å². The topological polar surface area (TPSA) is 57.2 Å². The maximum atomic E-state index is 14.2. The minimum absolute atomic E-state index is 0.126. The van der Waals surface area contributed by atoms with Crippen LogP contribution in [0.3, 0.4) is 0 Å². The first-order valence-electron chi connectivity index (χ1n) is 13.0. The van der Waals surface area contributed by atoms with Gasteiger partial charge in [0.05, 0.1) is 6.10 Å². The van der Waals surface area contributed by atoms with Gasteiger partial charge < -0.3 is 10.1 Å². The molecule has 1 spiro atoms. The van der Waals surface area contributed by atoms with Crippen molar-refractivity contribution in [3.63, 3.8) is 0 Å². The zero-order valence-electron chi connectivity index (χ0n) is 22.3. The van der Waals surface area contributed by atoms with Crippen LogP contribution in [0.25, 0.3) is 0 Å². The van der Waals surface area contributed by atoms with Gasteiger partial charge in [0.1, 0.15) is 22.9 Å². The van der Waals surface area contributed by atoms with Crippen LogP contribution in [0, 0.1) is 11.7 Å². The molecule has 0 aliphatic carbocycles. The van der Waals surface area contributed by atoms with E-state index in [1.165, 1.54) is 17.7 Å². The van der Waals surface area contributed by atoms with Crippen LogP contribution in [-0.4, -0.2) is 47.0 Å². The Bertz CT molecular complexity index is 1120. The van der Waals surface area contributed by atoms with Gasteiger partial charge in [-0.15, -0.1) is 0 Å². The highest BCUT2D eigenvalue weighted by molar-refractivity contribution is 6.16. The second-order valence-corrected chi connectivity index (χ2v) is 10.9. The predicted octanol–water partition coefficient (Wildman–Crippen LogP) is 6.01. The molecule has 3 atom stereocenters. The largest absolute Gasteiger partial charge is 0.491 e. The number of amides is 2. The van der Waals surface area contributed by atoms with Crippen molar-refractivity contribution in [2.75, 3.05) is 11.4 Å². The average molecular weight is 495 g/mol. The van der Waals surface area contributed by atoms with E-state index in [4.69, 9.17) is 4.74 Å². The van der Waals surface area contributed by atoms with E-state index in [0.717, 1.165) is 18.8 Å². The average Bonchev–Trinajstić information content (AvgIpc) is 3.05. The Morgan fingerprint density at radius 3 is 2.56 bits per heavy atom. The van der Waals surface area contributed by atoms with Gasteiger partial charge in [0, 0.05) is 30.9 Å². The highest BCUT2D eigenvalue weighted by Crippen LogP contribution is 2.41. The standard InChI is InChI=1S/C29H39FN4O2/c1-19(2)22(6)31-27-29(34(28(35)32-27)25-11-8-10-24(30)16-25)13-14-33(21(5)17-29)18-23-9-7-12-26(15-23)36-20(3)4/h7-12,15-16,19-22H,13-14,17-18H2,1-6H3,(H,31,32,35)/t21-,22+,29-/m1/s1. The lowest BCUT2D eigenvalue weighted by atomic mass is 9.80. The summed E-state index contributed by atoms with van der Waals surface area (Å²) < 4.78 is 20.1. The number of hydrogen-bond donors (Lipinski definition) is 1. The molecule has 1 N–H and O–H groups in total. The molecule has 1 fully saturated rings. The second-order valence-electron chi connectivity index (χ2n) is 10.9. The van der Waals surface area contributed by atoms with Gasteiger partial charge in [-0.25, -0.2) is 9.18 Å². The molecule has 2 amide bonds. The van der Waals surface area contributed by atoms with Crippen LogP contribution >= 0.6 is 0 Å². The molecule has 2 aromatic carbocycles. The number of nitrogens with one attached hydrogen (secondary N) is 1. The summed E-state index contributed by atoms with van der Waals surface area (Å²) in [7, 11) is 0. The molecule has 194 valence electrons. The molecular weight excluding hydrogens is 455 g/mol. The molecule has 4 rings (SSSR count). The summed E-state index contributed by atoms with van der Waals surface area (Å²) in [5.41, 5.74) is 1.12. The number of carbonyl (C=O) groups is 1. The minimum Gasteiger partial charge on any atom is -0.491 e. The third-order valence-corrected chi connectivity index (χ3v) is 7.42. The fourth-order valence-electron chi connectivity index (χ4n) is 5.21. The molecule has 2 aliphatic rings. The van der Waals surface area contributed by atoms with Gasteiger partial charge in [-0.3, -0.25) is 9.80 Å². The number of halogens is 1. The molecule has 0 bridgehead atoms. The Balaban J connectivity index is 1.60. The van der Waals surface area contributed by atoms with E-state index in [-0.39, 0.29) is 30.0 Å². The molecule has 36 heavy (non-hydrogen) atoms. The fourth-order valence-corrected chi connectivity index (χ4v) is 5.21. The first kappa shape index (κ1) is 26.1. The molecule has 0 unspecified atom stereocenters. The third kappa shape index (κ3) is 5.41. The molecule has 2 heterocycles. The third-order valence-electron chi connectivity index (χ3n) is 7.42. The van der Waals surface area contributed by atoms with E-state index < -0.39 is 5.54 Å². The highest BCUT2D eigenvalue weighted by Gasteiger charge is 2.53. The van der Waals surface area contributed by atoms with Crippen molar-refractivity contribution in [3.8, 4) is 5.75 Å². The summed E-state index contributed by atoms with van der Waals surface area (Å²) in [6.45, 7) is 14.2. The number of amidine groups is 1. The van der Waals surface area contributed by atoms with Crippen LogP contribution in [0.2, 0.25) is 0 Å². The number of urea groups is 1.